The van der Waals surface area contributed by atoms with Crippen LogP contribution in [0.4, 0.5) is 0 Å². The van der Waals surface area contributed by atoms with Gasteiger partial charge in [0.1, 0.15) is 5.75 Å². The second-order valence-corrected chi connectivity index (χ2v) is 6.52. The van der Waals surface area contributed by atoms with Crippen LogP contribution in [-0.2, 0) is 9.59 Å². The molecule has 6 nitrogen and oxygen atoms in total. The maximum Gasteiger partial charge on any atom is 0.260 e. The van der Waals surface area contributed by atoms with Crippen molar-refractivity contribution >= 4 is 24.2 Å². The standard InChI is InChI=1S/C19H29N3O3.ClH/c1-3-16(21-19(24)14(2)12-20)15-8-4-5-9-17(15)25-13-18(23)22-10-6-7-11-22;/h4-5,8-9,14,16H,3,6-7,10-13,20H2,1-2H3,(H,21,24);1H. The van der Waals surface area contributed by atoms with Gasteiger partial charge in [0.05, 0.1) is 6.04 Å². The van der Waals surface area contributed by atoms with Gasteiger partial charge in [0.25, 0.3) is 5.91 Å². The summed E-state index contributed by atoms with van der Waals surface area (Å²) in [5.74, 6) is 0.347. The molecule has 2 atom stereocenters. The molecule has 146 valence electrons. The first-order valence-corrected chi connectivity index (χ1v) is 9.06. The first kappa shape index (κ1) is 22.3. The van der Waals surface area contributed by atoms with E-state index >= 15 is 0 Å². The fourth-order valence-corrected chi connectivity index (χ4v) is 2.92. The molecule has 1 fully saturated rings. The van der Waals surface area contributed by atoms with Crippen LogP contribution in [-0.4, -0.2) is 43.0 Å². The van der Waals surface area contributed by atoms with E-state index in [9.17, 15) is 9.59 Å². The van der Waals surface area contributed by atoms with Gasteiger partial charge in [-0.15, -0.1) is 12.4 Å². The number of benzene rings is 1. The predicted octanol–water partition coefficient (Wildman–Crippen LogP) is 2.27. The van der Waals surface area contributed by atoms with Crippen LogP contribution >= 0.6 is 12.4 Å². The Balaban J connectivity index is 0.00000338. The number of rotatable bonds is 8. The fraction of sp³-hybridized carbons (Fsp3) is 0.579. The molecule has 0 saturated carbocycles. The molecule has 26 heavy (non-hydrogen) atoms. The highest BCUT2D eigenvalue weighted by Gasteiger charge is 2.22. The molecule has 2 rings (SSSR count). The number of carbonyl (C=O) groups is 2. The summed E-state index contributed by atoms with van der Waals surface area (Å²) in [5.41, 5.74) is 6.46. The summed E-state index contributed by atoms with van der Waals surface area (Å²) in [7, 11) is 0. The number of para-hydroxylation sites is 1. The molecule has 0 aliphatic carbocycles. The van der Waals surface area contributed by atoms with E-state index < -0.39 is 0 Å². The van der Waals surface area contributed by atoms with Crippen molar-refractivity contribution in [2.45, 2.75) is 39.2 Å². The Labute approximate surface area is 161 Å². The minimum Gasteiger partial charge on any atom is -0.483 e. The molecule has 1 heterocycles. The molecule has 1 saturated heterocycles. The molecule has 1 aliphatic heterocycles. The quantitative estimate of drug-likeness (QED) is 0.721. The van der Waals surface area contributed by atoms with Gasteiger partial charge in [-0.05, 0) is 25.3 Å². The number of hydrogen-bond acceptors (Lipinski definition) is 4. The third-order valence-electron chi connectivity index (χ3n) is 4.63. The van der Waals surface area contributed by atoms with Crippen molar-refractivity contribution in [2.24, 2.45) is 11.7 Å². The van der Waals surface area contributed by atoms with Crippen LogP contribution in [0, 0.1) is 5.92 Å². The summed E-state index contributed by atoms with van der Waals surface area (Å²) >= 11 is 0. The highest BCUT2D eigenvalue weighted by molar-refractivity contribution is 5.85. The topological polar surface area (TPSA) is 84.7 Å². The van der Waals surface area contributed by atoms with Crippen molar-refractivity contribution in [2.75, 3.05) is 26.2 Å². The fourth-order valence-electron chi connectivity index (χ4n) is 2.92. The summed E-state index contributed by atoms with van der Waals surface area (Å²) in [6.07, 6.45) is 2.85. The first-order valence-electron chi connectivity index (χ1n) is 9.06. The van der Waals surface area contributed by atoms with Gasteiger partial charge in [-0.3, -0.25) is 9.59 Å². The van der Waals surface area contributed by atoms with E-state index in [1.54, 1.807) is 6.92 Å². The Bertz CT molecular complexity index is 591. The summed E-state index contributed by atoms with van der Waals surface area (Å²) in [6.45, 7) is 5.78. The number of carbonyl (C=O) groups excluding carboxylic acids is 2. The van der Waals surface area contributed by atoms with Crippen molar-refractivity contribution < 1.29 is 14.3 Å². The summed E-state index contributed by atoms with van der Waals surface area (Å²) < 4.78 is 5.80. The van der Waals surface area contributed by atoms with Crippen molar-refractivity contribution in [3.8, 4) is 5.75 Å². The number of amides is 2. The third-order valence-corrected chi connectivity index (χ3v) is 4.63. The van der Waals surface area contributed by atoms with Crippen molar-refractivity contribution in [1.29, 1.82) is 0 Å². The van der Waals surface area contributed by atoms with E-state index in [1.807, 2.05) is 36.1 Å². The first-order chi connectivity index (χ1) is 12.1. The Morgan fingerprint density at radius 3 is 2.54 bits per heavy atom. The molecular weight excluding hydrogens is 354 g/mol. The Kier molecular flexibility index (Phi) is 9.44. The van der Waals surface area contributed by atoms with E-state index in [0.29, 0.717) is 12.3 Å². The van der Waals surface area contributed by atoms with Gasteiger partial charge in [-0.1, -0.05) is 32.0 Å². The third kappa shape index (κ3) is 5.88. The van der Waals surface area contributed by atoms with E-state index in [2.05, 4.69) is 5.32 Å². The van der Waals surface area contributed by atoms with Crippen LogP contribution in [0.2, 0.25) is 0 Å². The molecular formula is C19H30ClN3O3. The zero-order chi connectivity index (χ0) is 18.2. The number of likely N-dealkylation sites (tertiary alicyclic amines) is 1. The average Bonchev–Trinajstić information content (AvgIpc) is 3.18. The van der Waals surface area contributed by atoms with Crippen LogP contribution < -0.4 is 15.8 Å². The van der Waals surface area contributed by atoms with Gasteiger partial charge in [-0.2, -0.15) is 0 Å². The number of ether oxygens (including phenoxy) is 1. The number of nitrogens with one attached hydrogen (secondary N) is 1. The minimum atomic E-state index is -0.237. The average molecular weight is 384 g/mol. The summed E-state index contributed by atoms with van der Waals surface area (Å²) in [5, 5.41) is 3.02. The van der Waals surface area contributed by atoms with E-state index in [-0.39, 0.29) is 42.8 Å². The van der Waals surface area contributed by atoms with Gasteiger partial charge in [0.2, 0.25) is 5.91 Å². The highest BCUT2D eigenvalue weighted by Crippen LogP contribution is 2.27. The zero-order valence-electron chi connectivity index (χ0n) is 15.6. The molecule has 3 N–H and O–H groups in total. The van der Waals surface area contributed by atoms with Crippen molar-refractivity contribution in [3.05, 3.63) is 29.8 Å². The monoisotopic (exact) mass is 383 g/mol. The largest absolute Gasteiger partial charge is 0.483 e. The lowest BCUT2D eigenvalue weighted by Gasteiger charge is -2.23. The Morgan fingerprint density at radius 1 is 1.27 bits per heavy atom. The van der Waals surface area contributed by atoms with Crippen LogP contribution in [0.3, 0.4) is 0 Å². The lowest BCUT2D eigenvalue weighted by molar-refractivity contribution is -0.132. The summed E-state index contributed by atoms with van der Waals surface area (Å²) in [4.78, 5) is 26.2. The summed E-state index contributed by atoms with van der Waals surface area (Å²) in [6, 6.07) is 7.38. The molecule has 0 bridgehead atoms. The molecule has 0 aromatic heterocycles. The second kappa shape index (κ2) is 11.0. The maximum atomic E-state index is 12.2. The van der Waals surface area contributed by atoms with Crippen LogP contribution in [0.1, 0.15) is 44.7 Å². The molecule has 7 heteroatoms. The smallest absolute Gasteiger partial charge is 0.260 e. The molecule has 0 spiro atoms. The molecule has 2 unspecified atom stereocenters. The number of halogens is 1. The van der Waals surface area contributed by atoms with E-state index in [1.165, 1.54) is 0 Å². The zero-order valence-corrected chi connectivity index (χ0v) is 16.4. The van der Waals surface area contributed by atoms with Crippen LogP contribution in [0.25, 0.3) is 0 Å². The van der Waals surface area contributed by atoms with Gasteiger partial charge in [0.15, 0.2) is 6.61 Å². The highest BCUT2D eigenvalue weighted by atomic mass is 35.5. The van der Waals surface area contributed by atoms with E-state index in [4.69, 9.17) is 10.5 Å². The molecule has 1 aliphatic rings. The van der Waals surface area contributed by atoms with Gasteiger partial charge >= 0.3 is 0 Å². The minimum absolute atomic E-state index is 0. The number of nitrogens with zero attached hydrogens (tertiary/aromatic N) is 1. The normalized spacial score (nSPS) is 15.7. The lowest BCUT2D eigenvalue weighted by atomic mass is 10.0. The van der Waals surface area contributed by atoms with Crippen LogP contribution in [0.15, 0.2) is 24.3 Å². The van der Waals surface area contributed by atoms with Gasteiger partial charge in [-0.25, -0.2) is 0 Å². The lowest BCUT2D eigenvalue weighted by Crippen LogP contribution is -2.36. The molecule has 0 radical (unpaired) electrons. The molecule has 1 aromatic carbocycles. The maximum absolute atomic E-state index is 12.2. The Morgan fingerprint density at radius 2 is 1.92 bits per heavy atom. The molecule has 1 aromatic rings. The van der Waals surface area contributed by atoms with Crippen LogP contribution in [0.5, 0.6) is 5.75 Å². The predicted molar refractivity (Wildman–Crippen MR) is 104 cm³/mol. The molecule has 2 amide bonds. The van der Waals surface area contributed by atoms with Crippen molar-refractivity contribution in [1.82, 2.24) is 10.2 Å². The van der Waals surface area contributed by atoms with Gasteiger partial charge < -0.3 is 20.7 Å². The van der Waals surface area contributed by atoms with Crippen molar-refractivity contribution in [3.63, 3.8) is 0 Å². The Hall–Kier alpha value is -1.79. The van der Waals surface area contributed by atoms with Gasteiger partial charge in [0, 0.05) is 31.1 Å². The number of hydrogen-bond donors (Lipinski definition) is 2. The second-order valence-electron chi connectivity index (χ2n) is 6.52. The van der Waals surface area contributed by atoms with E-state index in [0.717, 1.165) is 37.9 Å². The number of nitrogens with two attached hydrogens (primary N) is 1. The SMILES string of the molecule is CCC(NC(=O)C(C)CN)c1ccccc1OCC(=O)N1CCCC1.Cl.